The summed E-state index contributed by atoms with van der Waals surface area (Å²) in [7, 11) is 0. The number of rotatable bonds is 6. The van der Waals surface area contributed by atoms with Gasteiger partial charge in [-0.25, -0.2) is 9.50 Å². The summed E-state index contributed by atoms with van der Waals surface area (Å²) >= 11 is 0. The molecule has 0 spiro atoms. The van der Waals surface area contributed by atoms with Crippen LogP contribution in [0, 0.1) is 6.92 Å². The Hall–Kier alpha value is -1.95. The highest BCUT2D eigenvalue weighted by molar-refractivity contribution is 5.76. The van der Waals surface area contributed by atoms with Gasteiger partial charge in [-0.2, -0.15) is 5.10 Å². The zero-order valence-electron chi connectivity index (χ0n) is 12.2. The zero-order chi connectivity index (χ0) is 14.5. The number of aromatic nitrogens is 3. The van der Waals surface area contributed by atoms with Crippen LogP contribution in [-0.2, 0) is 11.3 Å². The van der Waals surface area contributed by atoms with Gasteiger partial charge in [-0.1, -0.05) is 0 Å². The molecule has 0 fully saturated rings. The van der Waals surface area contributed by atoms with Crippen molar-refractivity contribution in [2.75, 3.05) is 6.54 Å². The van der Waals surface area contributed by atoms with Crippen molar-refractivity contribution in [1.29, 1.82) is 0 Å². The molecule has 2 aromatic rings. The van der Waals surface area contributed by atoms with E-state index >= 15 is 0 Å². The van der Waals surface area contributed by atoms with E-state index < -0.39 is 0 Å². The second-order valence-corrected chi connectivity index (χ2v) is 5.20. The topological polar surface area (TPSA) is 71.3 Å². The number of amides is 1. The Labute approximate surface area is 118 Å². The van der Waals surface area contributed by atoms with Gasteiger partial charge in [0.25, 0.3) is 0 Å². The first-order valence-corrected chi connectivity index (χ1v) is 6.85. The van der Waals surface area contributed by atoms with Crippen molar-refractivity contribution < 1.29 is 4.79 Å². The van der Waals surface area contributed by atoms with Crippen LogP contribution >= 0.6 is 0 Å². The van der Waals surface area contributed by atoms with E-state index in [9.17, 15) is 4.79 Å². The molecular weight excluding hydrogens is 254 g/mol. The average molecular weight is 275 g/mol. The van der Waals surface area contributed by atoms with Gasteiger partial charge in [0.1, 0.15) is 0 Å². The molecule has 2 aromatic heterocycles. The molecule has 0 atom stereocenters. The first-order chi connectivity index (χ1) is 9.54. The van der Waals surface area contributed by atoms with Crippen molar-refractivity contribution in [2.24, 2.45) is 0 Å². The number of hydrogen-bond donors (Lipinski definition) is 2. The molecule has 0 aliphatic rings. The molecule has 2 N–H and O–H groups in total. The Morgan fingerprint density at radius 1 is 1.45 bits per heavy atom. The van der Waals surface area contributed by atoms with Crippen LogP contribution in [0.3, 0.4) is 0 Å². The standard InChI is InChI=1S/C14H21N5O/c1-10(2)17-14(20)4-5-15-7-12-8-16-13-6-11(3)18-19(13)9-12/h6,8-10,15H,4-5,7H2,1-3H3,(H,17,20). The molecule has 0 aromatic carbocycles. The van der Waals surface area contributed by atoms with Crippen LogP contribution in [0.1, 0.15) is 31.5 Å². The summed E-state index contributed by atoms with van der Waals surface area (Å²) in [5.74, 6) is 0.0729. The normalized spacial score (nSPS) is 11.2. The van der Waals surface area contributed by atoms with Crippen molar-refractivity contribution in [3.05, 3.63) is 29.7 Å². The molecule has 20 heavy (non-hydrogen) atoms. The quantitative estimate of drug-likeness (QED) is 0.773. The van der Waals surface area contributed by atoms with Crippen LogP contribution < -0.4 is 10.6 Å². The number of carbonyl (C=O) groups excluding carboxylic acids is 1. The van der Waals surface area contributed by atoms with Gasteiger partial charge in [0.2, 0.25) is 5.91 Å². The molecule has 0 bridgehead atoms. The van der Waals surface area contributed by atoms with E-state index in [1.807, 2.05) is 39.2 Å². The molecule has 0 saturated heterocycles. The Morgan fingerprint density at radius 2 is 2.25 bits per heavy atom. The van der Waals surface area contributed by atoms with Gasteiger partial charge >= 0.3 is 0 Å². The molecule has 108 valence electrons. The van der Waals surface area contributed by atoms with Gasteiger partial charge in [0.05, 0.1) is 5.69 Å². The monoisotopic (exact) mass is 275 g/mol. The number of aryl methyl sites for hydroxylation is 1. The van der Waals surface area contributed by atoms with Gasteiger partial charge in [0, 0.05) is 49.6 Å². The lowest BCUT2D eigenvalue weighted by Crippen LogP contribution is -2.32. The minimum atomic E-state index is 0.0729. The summed E-state index contributed by atoms with van der Waals surface area (Å²) in [4.78, 5) is 15.8. The zero-order valence-corrected chi connectivity index (χ0v) is 12.2. The second kappa shape index (κ2) is 6.47. The Bertz CT molecular complexity index is 590. The number of nitrogens with zero attached hydrogens (tertiary/aromatic N) is 3. The predicted molar refractivity (Wildman–Crippen MR) is 77.3 cm³/mol. The van der Waals surface area contributed by atoms with Crippen molar-refractivity contribution in [1.82, 2.24) is 25.2 Å². The van der Waals surface area contributed by atoms with Crippen LogP contribution in [0.15, 0.2) is 18.5 Å². The molecule has 0 aliphatic heterocycles. The summed E-state index contributed by atoms with van der Waals surface area (Å²) < 4.78 is 1.78. The fourth-order valence-electron chi connectivity index (χ4n) is 1.95. The minimum Gasteiger partial charge on any atom is -0.354 e. The molecule has 6 heteroatoms. The van der Waals surface area contributed by atoms with E-state index in [4.69, 9.17) is 0 Å². The van der Waals surface area contributed by atoms with Crippen LogP contribution in [0.2, 0.25) is 0 Å². The third-order valence-electron chi connectivity index (χ3n) is 2.80. The molecular formula is C14H21N5O. The summed E-state index contributed by atoms with van der Waals surface area (Å²) in [6, 6.07) is 2.13. The first-order valence-electron chi connectivity index (χ1n) is 6.85. The van der Waals surface area contributed by atoms with Crippen molar-refractivity contribution >= 4 is 11.6 Å². The maximum absolute atomic E-state index is 11.5. The molecule has 0 saturated carbocycles. The molecule has 2 heterocycles. The largest absolute Gasteiger partial charge is 0.354 e. The van der Waals surface area contributed by atoms with Crippen LogP contribution in [0.5, 0.6) is 0 Å². The van der Waals surface area contributed by atoms with Crippen LogP contribution in [0.4, 0.5) is 0 Å². The predicted octanol–water partition coefficient (Wildman–Crippen LogP) is 1.04. The Morgan fingerprint density at radius 3 is 3.00 bits per heavy atom. The lowest BCUT2D eigenvalue weighted by Gasteiger charge is -2.08. The average Bonchev–Trinajstić information content (AvgIpc) is 2.73. The van der Waals surface area contributed by atoms with Crippen molar-refractivity contribution in [3.8, 4) is 0 Å². The lowest BCUT2D eigenvalue weighted by atomic mass is 10.3. The molecule has 1 amide bonds. The highest BCUT2D eigenvalue weighted by Gasteiger charge is 2.03. The fourth-order valence-corrected chi connectivity index (χ4v) is 1.95. The molecule has 0 unspecified atom stereocenters. The SMILES string of the molecule is Cc1cc2ncc(CNCCC(=O)NC(C)C)cn2n1. The van der Waals surface area contributed by atoms with Crippen LogP contribution in [0.25, 0.3) is 5.65 Å². The third kappa shape index (κ3) is 4.03. The fraction of sp³-hybridized carbons (Fsp3) is 0.500. The number of hydrogen-bond acceptors (Lipinski definition) is 4. The van der Waals surface area contributed by atoms with E-state index in [0.29, 0.717) is 19.5 Å². The highest BCUT2D eigenvalue weighted by Crippen LogP contribution is 2.04. The first kappa shape index (κ1) is 14.5. The van der Waals surface area contributed by atoms with Gasteiger partial charge in [-0.05, 0) is 20.8 Å². The van der Waals surface area contributed by atoms with Gasteiger partial charge in [0.15, 0.2) is 5.65 Å². The summed E-state index contributed by atoms with van der Waals surface area (Å²) in [5, 5.41) is 10.4. The van der Waals surface area contributed by atoms with E-state index in [2.05, 4.69) is 20.7 Å². The van der Waals surface area contributed by atoms with E-state index in [0.717, 1.165) is 16.9 Å². The molecule has 0 radical (unpaired) electrons. The van der Waals surface area contributed by atoms with Gasteiger partial charge in [-0.15, -0.1) is 0 Å². The highest BCUT2D eigenvalue weighted by atomic mass is 16.1. The molecule has 2 rings (SSSR count). The Balaban J connectivity index is 1.79. The molecule has 6 nitrogen and oxygen atoms in total. The summed E-state index contributed by atoms with van der Waals surface area (Å²) in [5.41, 5.74) is 2.85. The Kier molecular flexibility index (Phi) is 4.68. The maximum atomic E-state index is 11.5. The number of carbonyl (C=O) groups is 1. The van der Waals surface area contributed by atoms with E-state index in [-0.39, 0.29) is 11.9 Å². The number of nitrogens with one attached hydrogen (secondary N) is 2. The van der Waals surface area contributed by atoms with E-state index in [1.165, 1.54) is 0 Å². The third-order valence-corrected chi connectivity index (χ3v) is 2.80. The molecule has 0 aliphatic carbocycles. The summed E-state index contributed by atoms with van der Waals surface area (Å²) in [6.45, 7) is 7.18. The maximum Gasteiger partial charge on any atom is 0.221 e. The lowest BCUT2D eigenvalue weighted by molar-refractivity contribution is -0.121. The van der Waals surface area contributed by atoms with Gasteiger partial charge in [-0.3, -0.25) is 4.79 Å². The summed E-state index contributed by atoms with van der Waals surface area (Å²) in [6.07, 6.45) is 4.27. The van der Waals surface area contributed by atoms with Crippen molar-refractivity contribution in [2.45, 2.75) is 39.8 Å². The minimum absolute atomic E-state index is 0.0729. The van der Waals surface area contributed by atoms with E-state index in [1.54, 1.807) is 4.52 Å². The number of fused-ring (bicyclic) bond motifs is 1. The van der Waals surface area contributed by atoms with Crippen LogP contribution in [-0.4, -0.2) is 33.1 Å². The van der Waals surface area contributed by atoms with Crippen molar-refractivity contribution in [3.63, 3.8) is 0 Å². The smallest absolute Gasteiger partial charge is 0.221 e. The second-order valence-electron chi connectivity index (χ2n) is 5.20. The van der Waals surface area contributed by atoms with Gasteiger partial charge < -0.3 is 10.6 Å².